The second-order valence-electron chi connectivity index (χ2n) is 7.87. The van der Waals surface area contributed by atoms with Crippen LogP contribution in [0.1, 0.15) is 51.2 Å². The van der Waals surface area contributed by atoms with Crippen LogP contribution in [-0.4, -0.2) is 19.1 Å². The van der Waals surface area contributed by atoms with Crippen LogP contribution >= 0.6 is 0 Å². The minimum atomic E-state index is -0.240. The Balaban J connectivity index is 2.14. The number of esters is 1. The normalized spacial score (nSPS) is 23.3. The van der Waals surface area contributed by atoms with Crippen LogP contribution in [0.2, 0.25) is 0 Å². The highest BCUT2D eigenvalue weighted by Gasteiger charge is 2.32. The van der Waals surface area contributed by atoms with Crippen LogP contribution in [0.15, 0.2) is 12.1 Å². The Hall–Kier alpha value is -1.71. The van der Waals surface area contributed by atoms with Gasteiger partial charge >= 0.3 is 5.97 Å². The smallest absolute Gasteiger partial charge is 0.309 e. The summed E-state index contributed by atoms with van der Waals surface area (Å²) in [6.45, 7) is 9.01. The van der Waals surface area contributed by atoms with E-state index in [0.717, 1.165) is 29.2 Å². The van der Waals surface area contributed by atoms with E-state index in [1.54, 1.807) is 0 Å². The maximum Gasteiger partial charge on any atom is 0.309 e. The van der Waals surface area contributed by atoms with E-state index < -0.39 is 0 Å². The fourth-order valence-electron chi connectivity index (χ4n) is 3.99. The van der Waals surface area contributed by atoms with Gasteiger partial charge in [-0.25, -0.2) is 0 Å². The molecule has 0 heterocycles. The van der Waals surface area contributed by atoms with Gasteiger partial charge in [0.25, 0.3) is 0 Å². The number of methoxy groups -OCH3 is 1. The third-order valence-electron chi connectivity index (χ3n) is 4.82. The van der Waals surface area contributed by atoms with Gasteiger partial charge in [-0.05, 0) is 60.8 Å². The zero-order valence-corrected chi connectivity index (χ0v) is 15.0. The molecule has 0 unspecified atom stereocenters. The predicted molar refractivity (Wildman–Crippen MR) is 95.5 cm³/mol. The average Bonchev–Trinajstić information content (AvgIpc) is 2.41. The molecule has 0 amide bonds. The van der Waals surface area contributed by atoms with E-state index >= 15 is 0 Å². The Kier molecular flexibility index (Phi) is 5.23. The molecule has 1 fully saturated rings. The third-order valence-corrected chi connectivity index (χ3v) is 4.82. The summed E-state index contributed by atoms with van der Waals surface area (Å²) in [6.07, 6.45) is 3.86. The Morgan fingerprint density at radius 3 is 2.70 bits per heavy atom. The molecule has 4 nitrogen and oxygen atoms in total. The highest BCUT2D eigenvalue weighted by molar-refractivity contribution is 5.76. The molecule has 4 heteroatoms. The molecule has 1 aliphatic carbocycles. The fourth-order valence-corrected chi connectivity index (χ4v) is 3.99. The molecule has 0 radical (unpaired) electrons. The minimum Gasteiger partial charge on any atom is -0.469 e. The van der Waals surface area contributed by atoms with Gasteiger partial charge in [0.05, 0.1) is 24.9 Å². The van der Waals surface area contributed by atoms with Crippen molar-refractivity contribution in [3.8, 4) is 0 Å². The van der Waals surface area contributed by atoms with Gasteiger partial charge in [0.1, 0.15) is 0 Å². The molecule has 0 spiro atoms. The zero-order chi connectivity index (χ0) is 17.2. The molecule has 1 aliphatic rings. The standard InChI is InChI=1S/C19H30N2O2/c1-12-6-15(11-19(3,4)10-12)21-17-7-13(2)14(8-16(17)20)9-18(22)23-5/h7-8,12,15,21H,6,9-11,20H2,1-5H3/t12-,15+/m1/s1. The molecule has 0 bridgehead atoms. The molecule has 128 valence electrons. The summed E-state index contributed by atoms with van der Waals surface area (Å²) in [6, 6.07) is 4.40. The van der Waals surface area contributed by atoms with Crippen LogP contribution < -0.4 is 11.1 Å². The molecule has 0 aromatic heterocycles. The van der Waals surface area contributed by atoms with Crippen LogP contribution in [0, 0.1) is 18.3 Å². The predicted octanol–water partition coefficient (Wildman–Crippen LogP) is 3.92. The Labute approximate surface area is 139 Å². The molecule has 1 saturated carbocycles. The molecule has 23 heavy (non-hydrogen) atoms. The summed E-state index contributed by atoms with van der Waals surface area (Å²) >= 11 is 0. The Morgan fingerprint density at radius 2 is 2.09 bits per heavy atom. The maximum atomic E-state index is 11.5. The van der Waals surface area contributed by atoms with E-state index in [1.807, 2.05) is 13.0 Å². The number of benzene rings is 1. The van der Waals surface area contributed by atoms with E-state index in [4.69, 9.17) is 10.5 Å². The first kappa shape index (κ1) is 17.6. The van der Waals surface area contributed by atoms with Crippen molar-refractivity contribution in [1.82, 2.24) is 0 Å². The molecule has 2 rings (SSSR count). The molecule has 0 aliphatic heterocycles. The second kappa shape index (κ2) is 6.81. The number of ether oxygens (including phenoxy) is 1. The molecule has 1 aromatic rings. The van der Waals surface area contributed by atoms with Gasteiger partial charge in [0, 0.05) is 6.04 Å². The topological polar surface area (TPSA) is 64.3 Å². The molecule has 0 saturated heterocycles. The lowest BCUT2D eigenvalue weighted by Gasteiger charge is -2.39. The number of nitrogens with two attached hydrogens (primary N) is 1. The van der Waals surface area contributed by atoms with Crippen molar-refractivity contribution < 1.29 is 9.53 Å². The first-order chi connectivity index (χ1) is 10.7. The fraction of sp³-hybridized carbons (Fsp3) is 0.632. The highest BCUT2D eigenvalue weighted by Crippen LogP contribution is 2.40. The minimum absolute atomic E-state index is 0.240. The Bertz CT molecular complexity index is 581. The summed E-state index contributed by atoms with van der Waals surface area (Å²) in [7, 11) is 1.41. The molecule has 2 atom stereocenters. The summed E-state index contributed by atoms with van der Waals surface area (Å²) in [5.74, 6) is 0.480. The molecule has 3 N–H and O–H groups in total. The largest absolute Gasteiger partial charge is 0.469 e. The van der Waals surface area contributed by atoms with Crippen molar-refractivity contribution in [3.63, 3.8) is 0 Å². The lowest BCUT2D eigenvalue weighted by atomic mass is 9.70. The van der Waals surface area contributed by atoms with E-state index in [1.165, 1.54) is 20.0 Å². The van der Waals surface area contributed by atoms with Gasteiger partial charge in [-0.15, -0.1) is 0 Å². The molecular formula is C19H30N2O2. The van der Waals surface area contributed by atoms with E-state index in [-0.39, 0.29) is 12.4 Å². The zero-order valence-electron chi connectivity index (χ0n) is 15.0. The van der Waals surface area contributed by atoms with Crippen molar-refractivity contribution >= 4 is 17.3 Å². The number of aryl methyl sites for hydroxylation is 1. The Morgan fingerprint density at radius 1 is 1.39 bits per heavy atom. The van der Waals surface area contributed by atoms with Gasteiger partial charge in [0.15, 0.2) is 0 Å². The summed E-state index contributed by atoms with van der Waals surface area (Å²) in [5.41, 5.74) is 10.2. The van der Waals surface area contributed by atoms with Gasteiger partial charge < -0.3 is 15.8 Å². The van der Waals surface area contributed by atoms with Crippen LogP contribution in [0.4, 0.5) is 11.4 Å². The number of carbonyl (C=O) groups excluding carboxylic acids is 1. The van der Waals surface area contributed by atoms with Crippen molar-refractivity contribution in [2.24, 2.45) is 11.3 Å². The van der Waals surface area contributed by atoms with E-state index in [0.29, 0.717) is 17.1 Å². The lowest BCUT2D eigenvalue weighted by molar-refractivity contribution is -0.139. The number of nitrogen functional groups attached to an aromatic ring is 1. The number of hydrogen-bond donors (Lipinski definition) is 2. The number of anilines is 2. The molecule has 1 aromatic carbocycles. The number of carbonyl (C=O) groups is 1. The average molecular weight is 318 g/mol. The summed E-state index contributed by atoms with van der Waals surface area (Å²) < 4.78 is 4.74. The van der Waals surface area contributed by atoms with Crippen LogP contribution in [0.5, 0.6) is 0 Å². The first-order valence-corrected chi connectivity index (χ1v) is 8.42. The van der Waals surface area contributed by atoms with E-state index in [2.05, 4.69) is 32.2 Å². The van der Waals surface area contributed by atoms with E-state index in [9.17, 15) is 4.79 Å². The van der Waals surface area contributed by atoms with Crippen molar-refractivity contribution in [2.45, 2.75) is 59.4 Å². The van der Waals surface area contributed by atoms with Gasteiger partial charge in [-0.2, -0.15) is 0 Å². The van der Waals surface area contributed by atoms with Gasteiger partial charge in [-0.1, -0.05) is 20.8 Å². The molecular weight excluding hydrogens is 288 g/mol. The van der Waals surface area contributed by atoms with Crippen molar-refractivity contribution in [3.05, 3.63) is 23.3 Å². The maximum absolute atomic E-state index is 11.5. The van der Waals surface area contributed by atoms with Crippen LogP contribution in [-0.2, 0) is 16.0 Å². The van der Waals surface area contributed by atoms with Gasteiger partial charge in [-0.3, -0.25) is 4.79 Å². The van der Waals surface area contributed by atoms with Crippen molar-refractivity contribution in [2.75, 3.05) is 18.2 Å². The SMILES string of the molecule is COC(=O)Cc1cc(N)c(N[C@H]2C[C@@H](C)CC(C)(C)C2)cc1C. The first-order valence-electron chi connectivity index (χ1n) is 8.42. The van der Waals surface area contributed by atoms with Crippen LogP contribution in [0.25, 0.3) is 0 Å². The second-order valence-corrected chi connectivity index (χ2v) is 7.87. The monoisotopic (exact) mass is 318 g/mol. The highest BCUT2D eigenvalue weighted by atomic mass is 16.5. The number of rotatable bonds is 4. The van der Waals surface area contributed by atoms with Crippen molar-refractivity contribution in [1.29, 1.82) is 0 Å². The summed E-state index contributed by atoms with van der Waals surface area (Å²) in [4.78, 5) is 11.5. The summed E-state index contributed by atoms with van der Waals surface area (Å²) in [5, 5.41) is 3.63. The van der Waals surface area contributed by atoms with Crippen LogP contribution in [0.3, 0.4) is 0 Å². The third kappa shape index (κ3) is 4.63. The quantitative estimate of drug-likeness (QED) is 0.652. The van der Waals surface area contributed by atoms with Gasteiger partial charge in [0.2, 0.25) is 0 Å². The number of nitrogens with one attached hydrogen (secondary N) is 1. The number of hydrogen-bond acceptors (Lipinski definition) is 4. The lowest BCUT2D eigenvalue weighted by Crippen LogP contribution is -2.35.